The van der Waals surface area contributed by atoms with Gasteiger partial charge in [0.1, 0.15) is 25.9 Å². The zero-order chi connectivity index (χ0) is 44.9. The maximum Gasteiger partial charge on any atom is 0.508 e. The van der Waals surface area contributed by atoms with Crippen LogP contribution in [0.2, 0.25) is 0 Å². The summed E-state index contributed by atoms with van der Waals surface area (Å²) in [6.07, 6.45) is 38.9. The van der Waals surface area contributed by atoms with E-state index in [1.807, 2.05) is 0 Å². The van der Waals surface area contributed by atoms with E-state index in [1.165, 1.54) is 158 Å². The van der Waals surface area contributed by atoms with E-state index in [2.05, 4.69) is 18.8 Å². The molecule has 0 saturated heterocycles. The fourth-order valence-corrected chi connectivity index (χ4v) is 7.77. The number of rotatable bonds is 40. The minimum atomic E-state index is -1.00. The van der Waals surface area contributed by atoms with E-state index in [0.29, 0.717) is 12.0 Å². The molecule has 0 radical (unpaired) electrons. The van der Waals surface area contributed by atoms with Crippen molar-refractivity contribution >= 4 is 18.1 Å². The van der Waals surface area contributed by atoms with Crippen molar-refractivity contribution in [3.05, 3.63) is 44.8 Å². The number of unbranched alkanes of at least 4 members (excludes halogenated alkanes) is 28. The van der Waals surface area contributed by atoms with Crippen LogP contribution in [0, 0.1) is 6.92 Å². The molecule has 1 aromatic heterocycles. The Balaban J connectivity index is 1.66. The van der Waals surface area contributed by atoms with Crippen LogP contribution < -0.4 is 11.2 Å². The maximum atomic E-state index is 12.8. The lowest BCUT2D eigenvalue weighted by Crippen LogP contribution is -2.34. The van der Waals surface area contributed by atoms with Gasteiger partial charge in [0.2, 0.25) is 0 Å². The van der Waals surface area contributed by atoms with Crippen LogP contribution in [0.25, 0.3) is 0 Å². The summed E-state index contributed by atoms with van der Waals surface area (Å²) in [5.41, 5.74) is -0.739. The maximum absolute atomic E-state index is 12.8. The summed E-state index contributed by atoms with van der Waals surface area (Å²) >= 11 is 0. The summed E-state index contributed by atoms with van der Waals surface area (Å²) in [6.45, 7) is 5.34. The number of aromatic nitrogens is 2. The van der Waals surface area contributed by atoms with Gasteiger partial charge < -0.3 is 23.7 Å². The highest BCUT2D eigenvalue weighted by molar-refractivity contribution is 5.70. The number of ether oxygens (including phenoxy) is 5. The Morgan fingerprint density at radius 2 is 1.00 bits per heavy atom. The molecule has 2 heterocycles. The standard InChI is InChI=1S/C50H86N2O10/c1-4-6-8-10-12-14-16-18-20-22-24-26-28-30-32-34-46(53)58-40-44(62-47(54)35-33-31-29-27-25-23-21-19-17-15-13-11-9-7-5-2)41-60-50(57)59-39-43-36-37-45(61-43)52-38-42(3)48(55)51-49(52)56/h36-38,43-45H,4-35,39-41H2,1-3H3,(H,51,55,56)/t43-,44?,45+/m0/s1. The molecule has 0 aliphatic carbocycles. The fraction of sp³-hybridized carbons (Fsp3) is 0.820. The molecule has 356 valence electrons. The van der Waals surface area contributed by atoms with Crippen molar-refractivity contribution in [2.45, 2.75) is 245 Å². The first-order chi connectivity index (χ1) is 30.2. The van der Waals surface area contributed by atoms with Crippen molar-refractivity contribution in [3.8, 4) is 0 Å². The van der Waals surface area contributed by atoms with E-state index in [9.17, 15) is 24.0 Å². The van der Waals surface area contributed by atoms with Crippen LogP contribution in [-0.2, 0) is 33.3 Å². The predicted molar refractivity (Wildman–Crippen MR) is 246 cm³/mol. The summed E-state index contributed by atoms with van der Waals surface area (Å²) in [6, 6.07) is 0. The summed E-state index contributed by atoms with van der Waals surface area (Å²) in [7, 11) is 0. The van der Waals surface area contributed by atoms with Crippen molar-refractivity contribution in [2.24, 2.45) is 0 Å². The molecular formula is C50H86N2O10. The number of esters is 2. The molecule has 1 aromatic rings. The number of hydrogen-bond acceptors (Lipinski definition) is 10. The molecule has 0 fully saturated rings. The van der Waals surface area contributed by atoms with E-state index in [0.717, 1.165) is 38.5 Å². The SMILES string of the molecule is CCCCCCCCCCCCCCCCCC(=O)OCC(COC(=O)OC[C@@H]1C=C[C@H](n2cc(C)c(=O)[nH]c2=O)O1)OC(=O)CCCCCCCCCCCCCCCCC. The molecule has 2 rings (SSSR count). The lowest BCUT2D eigenvalue weighted by molar-refractivity contribution is -0.162. The Bertz CT molecular complexity index is 1460. The number of hydrogen-bond donors (Lipinski definition) is 1. The number of aryl methyl sites for hydroxylation is 1. The molecular weight excluding hydrogens is 789 g/mol. The highest BCUT2D eigenvalue weighted by Crippen LogP contribution is 2.20. The third kappa shape index (κ3) is 28.3. The average molecular weight is 875 g/mol. The Labute approximate surface area is 374 Å². The topological polar surface area (TPSA) is 152 Å². The van der Waals surface area contributed by atoms with Crippen LogP contribution in [0.1, 0.15) is 231 Å². The van der Waals surface area contributed by atoms with Gasteiger partial charge in [-0.15, -0.1) is 0 Å². The summed E-state index contributed by atoms with van der Waals surface area (Å²) in [4.78, 5) is 64.2. The highest BCUT2D eigenvalue weighted by Gasteiger charge is 2.25. The molecule has 1 unspecified atom stereocenters. The Hall–Kier alpha value is -3.41. The average Bonchev–Trinajstić information content (AvgIpc) is 3.74. The lowest BCUT2D eigenvalue weighted by atomic mass is 10.0. The van der Waals surface area contributed by atoms with Gasteiger partial charge in [0, 0.05) is 24.6 Å². The van der Waals surface area contributed by atoms with Gasteiger partial charge in [-0.25, -0.2) is 9.59 Å². The zero-order valence-corrected chi connectivity index (χ0v) is 39.2. The third-order valence-corrected chi connectivity index (χ3v) is 11.7. The van der Waals surface area contributed by atoms with Gasteiger partial charge in [-0.3, -0.25) is 23.9 Å². The molecule has 12 heteroatoms. The fourth-order valence-electron chi connectivity index (χ4n) is 7.77. The van der Waals surface area contributed by atoms with Crippen molar-refractivity contribution in [1.82, 2.24) is 9.55 Å². The molecule has 0 amide bonds. The summed E-state index contributed by atoms with van der Waals surface area (Å²) in [5.74, 6) is -0.800. The summed E-state index contributed by atoms with van der Waals surface area (Å²) in [5, 5.41) is 0. The number of nitrogens with zero attached hydrogens (tertiary/aromatic N) is 1. The highest BCUT2D eigenvalue weighted by atomic mass is 16.7. The first-order valence-corrected chi connectivity index (χ1v) is 25.0. The van der Waals surface area contributed by atoms with Crippen molar-refractivity contribution in [2.75, 3.05) is 19.8 Å². The van der Waals surface area contributed by atoms with Crippen LogP contribution in [-0.4, -0.2) is 59.7 Å². The molecule has 0 bridgehead atoms. The monoisotopic (exact) mass is 875 g/mol. The molecule has 62 heavy (non-hydrogen) atoms. The second-order valence-corrected chi connectivity index (χ2v) is 17.5. The number of nitrogens with one attached hydrogen (secondary N) is 1. The second-order valence-electron chi connectivity index (χ2n) is 17.5. The number of carbonyl (C=O) groups excluding carboxylic acids is 3. The Morgan fingerprint density at radius 3 is 1.47 bits per heavy atom. The molecule has 0 saturated carbocycles. The van der Waals surface area contributed by atoms with Crippen molar-refractivity contribution in [3.63, 3.8) is 0 Å². The van der Waals surface area contributed by atoms with Crippen LogP contribution >= 0.6 is 0 Å². The molecule has 1 aliphatic heterocycles. The largest absolute Gasteiger partial charge is 0.508 e. The predicted octanol–water partition coefficient (Wildman–Crippen LogP) is 12.4. The van der Waals surface area contributed by atoms with Gasteiger partial charge in [-0.1, -0.05) is 200 Å². The summed E-state index contributed by atoms with van der Waals surface area (Å²) < 4.78 is 28.6. The molecule has 12 nitrogen and oxygen atoms in total. The first kappa shape index (κ1) is 54.7. The van der Waals surface area contributed by atoms with Gasteiger partial charge in [-0.2, -0.15) is 0 Å². The van der Waals surface area contributed by atoms with Crippen LogP contribution in [0.5, 0.6) is 0 Å². The molecule has 0 aromatic carbocycles. The number of carbonyl (C=O) groups is 3. The van der Waals surface area contributed by atoms with Crippen LogP contribution in [0.15, 0.2) is 27.9 Å². The van der Waals surface area contributed by atoms with Crippen LogP contribution in [0.3, 0.4) is 0 Å². The normalized spacial score (nSPS) is 15.1. The van der Waals surface area contributed by atoms with E-state index >= 15 is 0 Å². The Morgan fingerprint density at radius 1 is 0.581 bits per heavy atom. The van der Waals surface area contributed by atoms with E-state index in [-0.39, 0.29) is 38.6 Å². The van der Waals surface area contributed by atoms with E-state index in [4.69, 9.17) is 23.7 Å². The lowest BCUT2D eigenvalue weighted by Gasteiger charge is -2.19. The van der Waals surface area contributed by atoms with Gasteiger partial charge in [-0.05, 0) is 25.8 Å². The Kier molecular flexibility index (Phi) is 32.7. The number of H-pyrrole nitrogens is 1. The van der Waals surface area contributed by atoms with E-state index < -0.39 is 41.8 Å². The molecule has 3 atom stereocenters. The first-order valence-electron chi connectivity index (χ1n) is 25.0. The quantitative estimate of drug-likeness (QED) is 0.0292. The molecule has 1 aliphatic rings. The van der Waals surface area contributed by atoms with Gasteiger partial charge in [0.15, 0.2) is 12.3 Å². The van der Waals surface area contributed by atoms with Crippen molar-refractivity contribution < 1.29 is 38.1 Å². The van der Waals surface area contributed by atoms with Gasteiger partial charge >= 0.3 is 23.8 Å². The van der Waals surface area contributed by atoms with Gasteiger partial charge in [0.25, 0.3) is 5.56 Å². The molecule has 1 N–H and O–H groups in total. The van der Waals surface area contributed by atoms with E-state index in [1.54, 1.807) is 19.1 Å². The number of aromatic amines is 1. The third-order valence-electron chi connectivity index (χ3n) is 11.7. The minimum absolute atomic E-state index is 0.194. The zero-order valence-electron chi connectivity index (χ0n) is 39.2. The molecule has 0 spiro atoms. The minimum Gasteiger partial charge on any atom is -0.462 e. The van der Waals surface area contributed by atoms with Crippen LogP contribution in [0.4, 0.5) is 4.79 Å². The van der Waals surface area contributed by atoms with Crippen molar-refractivity contribution in [1.29, 1.82) is 0 Å². The van der Waals surface area contributed by atoms with Gasteiger partial charge in [0.05, 0.1) is 0 Å². The second kappa shape index (κ2) is 37.0. The smallest absolute Gasteiger partial charge is 0.462 e.